The van der Waals surface area contributed by atoms with E-state index in [9.17, 15) is 26.4 Å². The van der Waals surface area contributed by atoms with Gasteiger partial charge in [-0.25, -0.2) is 13.6 Å². The Kier molecular flexibility index (Phi) is 4.74. The quantitative estimate of drug-likeness (QED) is 0.858. The molecule has 1 aliphatic rings. The Hall–Kier alpha value is -1.59. The fraction of sp³-hybridized carbons (Fsp3) is 0.583. The lowest BCUT2D eigenvalue weighted by Gasteiger charge is -2.38. The summed E-state index contributed by atoms with van der Waals surface area (Å²) >= 11 is 0. The molecule has 1 aromatic heterocycles. The lowest BCUT2D eigenvalue weighted by molar-refractivity contribution is -0.181. The maximum atomic E-state index is 12.7. The molecule has 2 rings (SSSR count). The summed E-state index contributed by atoms with van der Waals surface area (Å²) in [5, 5.41) is 4.34. The van der Waals surface area contributed by atoms with E-state index in [1.807, 2.05) is 0 Å². The fourth-order valence-corrected chi connectivity index (χ4v) is 2.73. The van der Waals surface area contributed by atoms with E-state index in [4.69, 9.17) is 9.56 Å². The molecule has 1 aliphatic heterocycles. The molecule has 23 heavy (non-hydrogen) atoms. The van der Waals surface area contributed by atoms with Crippen LogP contribution in [0.4, 0.5) is 13.2 Å². The van der Waals surface area contributed by atoms with Crippen LogP contribution in [0, 0.1) is 0 Å². The van der Waals surface area contributed by atoms with Gasteiger partial charge < -0.3 is 9.32 Å². The van der Waals surface area contributed by atoms with Gasteiger partial charge in [0.25, 0.3) is 15.9 Å². The normalized spacial score (nSPS) is 18.9. The summed E-state index contributed by atoms with van der Waals surface area (Å²) in [5.74, 6) is -0.800. The summed E-state index contributed by atoms with van der Waals surface area (Å²) in [5.41, 5.74) is 0. The highest BCUT2D eigenvalue weighted by Gasteiger charge is 2.41. The van der Waals surface area contributed by atoms with Crippen LogP contribution >= 0.6 is 0 Å². The van der Waals surface area contributed by atoms with Gasteiger partial charge in [0.05, 0.1) is 0 Å². The molecule has 0 bridgehead atoms. The Labute approximate surface area is 130 Å². The summed E-state index contributed by atoms with van der Waals surface area (Å²) in [4.78, 5) is 14.7. The van der Waals surface area contributed by atoms with Crippen LogP contribution < -0.4 is 5.14 Å². The number of furan rings is 1. The molecule has 0 saturated carbocycles. The molecule has 2 N–H and O–H groups in total. The highest BCUT2D eigenvalue weighted by atomic mass is 32.2. The minimum Gasteiger partial charge on any atom is -0.438 e. The fourth-order valence-electron chi connectivity index (χ4n) is 2.26. The van der Waals surface area contributed by atoms with Crippen LogP contribution in [-0.4, -0.2) is 62.5 Å². The van der Waals surface area contributed by atoms with Crippen LogP contribution in [0.15, 0.2) is 21.6 Å². The van der Waals surface area contributed by atoms with Crippen molar-refractivity contribution in [1.82, 2.24) is 9.80 Å². The topological polar surface area (TPSA) is 96.9 Å². The molecular formula is C12H16F3N3O4S. The highest BCUT2D eigenvalue weighted by molar-refractivity contribution is 7.89. The summed E-state index contributed by atoms with van der Waals surface area (Å²) in [7, 11) is -4.05. The zero-order valence-corrected chi connectivity index (χ0v) is 13.0. The Morgan fingerprint density at radius 1 is 1.26 bits per heavy atom. The smallest absolute Gasteiger partial charge is 0.403 e. The van der Waals surface area contributed by atoms with Crippen molar-refractivity contribution in [1.29, 1.82) is 0 Å². The monoisotopic (exact) mass is 355 g/mol. The lowest BCUT2D eigenvalue weighted by atomic mass is 10.2. The van der Waals surface area contributed by atoms with Crippen molar-refractivity contribution in [2.24, 2.45) is 5.14 Å². The number of hydrogen-bond acceptors (Lipinski definition) is 5. The molecule has 1 fully saturated rings. The standard InChI is InChI=1S/C12H16F3N3O4S/c1-8(12(13,14)15)17-4-6-18(7-5-17)11(19)9-2-3-10(22-9)23(16,20)21/h2-3,8H,4-7H2,1H3,(H2,16,20,21). The number of halogens is 3. The van der Waals surface area contributed by atoms with E-state index in [2.05, 4.69) is 0 Å². The molecular weight excluding hydrogens is 339 g/mol. The Morgan fingerprint density at radius 3 is 2.26 bits per heavy atom. The van der Waals surface area contributed by atoms with Crippen molar-refractivity contribution in [3.8, 4) is 0 Å². The van der Waals surface area contributed by atoms with E-state index in [0.29, 0.717) is 0 Å². The van der Waals surface area contributed by atoms with Gasteiger partial charge in [0.1, 0.15) is 6.04 Å². The predicted octanol–water partition coefficient (Wildman–Crippen LogP) is 0.636. The van der Waals surface area contributed by atoms with Gasteiger partial charge in [0, 0.05) is 26.2 Å². The van der Waals surface area contributed by atoms with E-state index in [1.165, 1.54) is 15.9 Å². The molecule has 1 saturated heterocycles. The first-order chi connectivity index (χ1) is 10.5. The van der Waals surface area contributed by atoms with E-state index >= 15 is 0 Å². The number of alkyl halides is 3. The van der Waals surface area contributed by atoms with Crippen LogP contribution in [0.1, 0.15) is 17.5 Å². The first kappa shape index (κ1) is 17.8. The van der Waals surface area contributed by atoms with Gasteiger partial charge in [0.2, 0.25) is 5.09 Å². The molecule has 1 atom stereocenters. The number of rotatable bonds is 3. The van der Waals surface area contributed by atoms with Crippen LogP contribution in [0.25, 0.3) is 0 Å². The predicted molar refractivity (Wildman–Crippen MR) is 73.1 cm³/mol. The average Bonchev–Trinajstić information content (AvgIpc) is 2.95. The summed E-state index contributed by atoms with van der Waals surface area (Å²) in [6.07, 6.45) is -4.32. The SMILES string of the molecule is CC(N1CCN(C(=O)c2ccc(S(N)(=O)=O)o2)CC1)C(F)(F)F. The van der Waals surface area contributed by atoms with Crippen LogP contribution in [0.2, 0.25) is 0 Å². The van der Waals surface area contributed by atoms with Gasteiger partial charge in [-0.05, 0) is 19.1 Å². The first-order valence-electron chi connectivity index (χ1n) is 6.73. The molecule has 0 radical (unpaired) electrons. The number of sulfonamides is 1. The maximum Gasteiger partial charge on any atom is 0.403 e. The third-order valence-corrected chi connectivity index (χ3v) is 4.48. The number of carbonyl (C=O) groups is 1. The molecule has 0 spiro atoms. The number of nitrogens with two attached hydrogens (primary N) is 1. The largest absolute Gasteiger partial charge is 0.438 e. The molecule has 2 heterocycles. The van der Waals surface area contributed by atoms with E-state index < -0.39 is 33.2 Å². The first-order valence-corrected chi connectivity index (χ1v) is 8.27. The highest BCUT2D eigenvalue weighted by Crippen LogP contribution is 2.25. The second-order valence-electron chi connectivity index (χ2n) is 5.21. The van der Waals surface area contributed by atoms with E-state index in [0.717, 1.165) is 13.0 Å². The maximum absolute atomic E-state index is 12.7. The molecule has 0 aromatic carbocycles. The Balaban J connectivity index is 2.00. The van der Waals surface area contributed by atoms with Crippen molar-refractivity contribution in [3.63, 3.8) is 0 Å². The zero-order valence-electron chi connectivity index (χ0n) is 12.2. The van der Waals surface area contributed by atoms with Gasteiger partial charge in [-0.15, -0.1) is 0 Å². The Bertz CT molecular complexity index is 678. The molecule has 7 nitrogen and oxygen atoms in total. The van der Waals surface area contributed by atoms with Gasteiger partial charge in [-0.3, -0.25) is 9.69 Å². The van der Waals surface area contributed by atoms with Gasteiger partial charge in [0.15, 0.2) is 5.76 Å². The van der Waals surface area contributed by atoms with Gasteiger partial charge in [-0.2, -0.15) is 13.2 Å². The number of primary sulfonamides is 1. The van der Waals surface area contributed by atoms with Crippen molar-refractivity contribution in [2.45, 2.75) is 24.2 Å². The number of carbonyl (C=O) groups excluding carboxylic acids is 1. The third kappa shape index (κ3) is 4.03. The summed E-state index contributed by atoms with van der Waals surface area (Å²) in [6.45, 7) is 1.38. The van der Waals surface area contributed by atoms with Crippen molar-refractivity contribution >= 4 is 15.9 Å². The molecule has 1 amide bonds. The minimum atomic E-state index is -4.32. The summed E-state index contributed by atoms with van der Waals surface area (Å²) in [6, 6.07) is 0.648. The van der Waals surface area contributed by atoms with E-state index in [1.54, 1.807) is 0 Å². The molecule has 130 valence electrons. The molecule has 1 unspecified atom stereocenters. The average molecular weight is 355 g/mol. The number of nitrogens with zero attached hydrogens (tertiary/aromatic N) is 2. The molecule has 1 aromatic rings. The van der Waals surface area contributed by atoms with Crippen molar-refractivity contribution in [2.75, 3.05) is 26.2 Å². The zero-order chi connectivity index (χ0) is 17.4. The van der Waals surface area contributed by atoms with Crippen molar-refractivity contribution < 1.29 is 30.8 Å². The third-order valence-electron chi connectivity index (χ3n) is 3.70. The molecule has 0 aliphatic carbocycles. The van der Waals surface area contributed by atoms with Gasteiger partial charge >= 0.3 is 6.18 Å². The summed E-state index contributed by atoms with van der Waals surface area (Å²) < 4.78 is 65.1. The van der Waals surface area contributed by atoms with Crippen LogP contribution in [0.3, 0.4) is 0 Å². The second kappa shape index (κ2) is 6.13. The number of hydrogen-bond donors (Lipinski definition) is 1. The second-order valence-corrected chi connectivity index (χ2v) is 6.70. The Morgan fingerprint density at radius 2 is 1.83 bits per heavy atom. The number of amides is 1. The minimum absolute atomic E-state index is 0.0647. The van der Waals surface area contributed by atoms with E-state index in [-0.39, 0.29) is 31.9 Å². The van der Waals surface area contributed by atoms with Crippen LogP contribution in [-0.2, 0) is 10.0 Å². The van der Waals surface area contributed by atoms with Gasteiger partial charge in [-0.1, -0.05) is 0 Å². The lowest BCUT2D eigenvalue weighted by Crippen LogP contribution is -2.54. The van der Waals surface area contributed by atoms with Crippen LogP contribution in [0.5, 0.6) is 0 Å². The molecule has 11 heteroatoms. The number of piperazine rings is 1. The van der Waals surface area contributed by atoms with Crippen molar-refractivity contribution in [3.05, 3.63) is 17.9 Å².